The third kappa shape index (κ3) is 5.56. The summed E-state index contributed by atoms with van der Waals surface area (Å²) in [4.78, 5) is 0. The van der Waals surface area contributed by atoms with Gasteiger partial charge in [-0.05, 0) is 35.5 Å². The molecule has 0 heterocycles. The van der Waals surface area contributed by atoms with Gasteiger partial charge in [-0.1, -0.05) is 50.6 Å². The molecule has 0 aliphatic heterocycles. The highest BCUT2D eigenvalue weighted by atomic mass is 14.5. The molecular weight excluding hydrogens is 220 g/mol. The van der Waals surface area contributed by atoms with Gasteiger partial charge in [0.1, 0.15) is 0 Å². The first-order chi connectivity index (χ1) is 8.58. The first kappa shape index (κ1) is 15.5. The van der Waals surface area contributed by atoms with Crippen LogP contribution in [0.15, 0.2) is 97.5 Å². The molecule has 94 valence electrons. The third-order valence-corrected chi connectivity index (χ3v) is 2.16. The van der Waals surface area contributed by atoms with Crippen LogP contribution in [-0.2, 0) is 0 Å². The summed E-state index contributed by atoms with van der Waals surface area (Å²) in [6, 6.07) is 0. The van der Waals surface area contributed by atoms with E-state index in [4.69, 9.17) is 11.5 Å². The van der Waals surface area contributed by atoms with E-state index >= 15 is 0 Å². The zero-order valence-corrected chi connectivity index (χ0v) is 10.6. The van der Waals surface area contributed by atoms with Crippen LogP contribution in [0.4, 0.5) is 0 Å². The Hall–Kier alpha value is -2.48. The Morgan fingerprint density at radius 3 is 1.11 bits per heavy atom. The van der Waals surface area contributed by atoms with Gasteiger partial charge in [-0.3, -0.25) is 0 Å². The van der Waals surface area contributed by atoms with Crippen LogP contribution in [-0.4, -0.2) is 0 Å². The molecule has 0 saturated heterocycles. The summed E-state index contributed by atoms with van der Waals surface area (Å²) in [5.74, 6) is 0. The van der Waals surface area contributed by atoms with E-state index in [0.717, 1.165) is 11.1 Å². The maximum absolute atomic E-state index is 5.63. The molecule has 0 bridgehead atoms. The van der Waals surface area contributed by atoms with Gasteiger partial charge in [0, 0.05) is 11.4 Å². The summed E-state index contributed by atoms with van der Waals surface area (Å²) in [5, 5.41) is 0. The van der Waals surface area contributed by atoms with E-state index in [0.29, 0.717) is 11.4 Å². The van der Waals surface area contributed by atoms with E-state index in [1.54, 1.807) is 36.5 Å². The minimum absolute atomic E-state index is 0.582. The Bertz CT molecular complexity index is 413. The van der Waals surface area contributed by atoms with Crippen LogP contribution in [0, 0.1) is 0 Å². The number of rotatable bonds is 7. The van der Waals surface area contributed by atoms with Crippen molar-refractivity contribution in [2.75, 3.05) is 0 Å². The van der Waals surface area contributed by atoms with E-state index in [-0.39, 0.29) is 0 Å². The summed E-state index contributed by atoms with van der Waals surface area (Å²) < 4.78 is 0. The van der Waals surface area contributed by atoms with Crippen LogP contribution in [0.2, 0.25) is 0 Å². The molecule has 0 saturated carbocycles. The topological polar surface area (TPSA) is 52.0 Å². The minimum atomic E-state index is 0.582. The SMILES string of the molecule is C=C\C(N)=C/C=C(C=C)/C(C=C)=C/C=C(/N)C=C. The molecule has 0 fully saturated rings. The lowest BCUT2D eigenvalue weighted by Crippen LogP contribution is -1.92. The molecule has 0 atom stereocenters. The maximum atomic E-state index is 5.63. The van der Waals surface area contributed by atoms with E-state index in [1.807, 2.05) is 12.2 Å². The highest BCUT2D eigenvalue weighted by Crippen LogP contribution is 2.13. The number of nitrogens with two attached hydrogens (primary N) is 2. The van der Waals surface area contributed by atoms with Crippen LogP contribution in [0.5, 0.6) is 0 Å². The average molecular weight is 240 g/mol. The van der Waals surface area contributed by atoms with Gasteiger partial charge in [0.2, 0.25) is 0 Å². The average Bonchev–Trinajstić information content (AvgIpc) is 2.41. The molecule has 0 aromatic heterocycles. The molecular formula is C16H20N2. The van der Waals surface area contributed by atoms with Gasteiger partial charge in [0.25, 0.3) is 0 Å². The molecule has 0 radical (unpaired) electrons. The molecule has 18 heavy (non-hydrogen) atoms. The number of allylic oxidation sites excluding steroid dienone is 10. The molecule has 0 rings (SSSR count). The standard InChI is InChI=1S/C16H20N2/c1-5-13(9-11-15(17)7-3)14(6-2)10-12-16(18)8-4/h5-12H,1-4,17-18H2/b13-9+,14-10+,15-11+,16-12+. The van der Waals surface area contributed by atoms with Crippen molar-refractivity contribution in [3.8, 4) is 0 Å². The van der Waals surface area contributed by atoms with E-state index < -0.39 is 0 Å². The van der Waals surface area contributed by atoms with Crippen molar-refractivity contribution in [3.63, 3.8) is 0 Å². The lowest BCUT2D eigenvalue weighted by atomic mass is 10.0. The quantitative estimate of drug-likeness (QED) is 0.671. The van der Waals surface area contributed by atoms with E-state index in [9.17, 15) is 0 Å². The highest BCUT2D eigenvalue weighted by molar-refractivity contribution is 5.49. The minimum Gasteiger partial charge on any atom is -0.399 e. The van der Waals surface area contributed by atoms with Crippen molar-refractivity contribution >= 4 is 0 Å². The predicted octanol–water partition coefficient (Wildman–Crippen LogP) is 3.27. The fraction of sp³-hybridized carbons (Fsp3) is 0. The van der Waals surface area contributed by atoms with Crippen LogP contribution >= 0.6 is 0 Å². The monoisotopic (exact) mass is 240 g/mol. The first-order valence-corrected chi connectivity index (χ1v) is 5.44. The maximum Gasteiger partial charge on any atom is 0.0308 e. The second kappa shape index (κ2) is 8.65. The van der Waals surface area contributed by atoms with Gasteiger partial charge in [0.05, 0.1) is 0 Å². The van der Waals surface area contributed by atoms with Gasteiger partial charge < -0.3 is 11.5 Å². The normalized spacial score (nSPS) is 14.0. The molecule has 0 amide bonds. The number of hydrogen-bond donors (Lipinski definition) is 2. The second-order valence-corrected chi connectivity index (χ2v) is 3.39. The van der Waals surface area contributed by atoms with Gasteiger partial charge in [-0.15, -0.1) is 0 Å². The smallest absolute Gasteiger partial charge is 0.0308 e. The fourth-order valence-corrected chi connectivity index (χ4v) is 1.07. The summed E-state index contributed by atoms with van der Waals surface area (Å²) >= 11 is 0. The van der Waals surface area contributed by atoms with Crippen LogP contribution in [0.1, 0.15) is 0 Å². The Balaban J connectivity index is 5.36. The van der Waals surface area contributed by atoms with Crippen LogP contribution in [0.25, 0.3) is 0 Å². The molecule has 0 unspecified atom stereocenters. The fourth-order valence-electron chi connectivity index (χ4n) is 1.07. The van der Waals surface area contributed by atoms with Crippen molar-refractivity contribution in [2.24, 2.45) is 11.5 Å². The summed E-state index contributed by atoms with van der Waals surface area (Å²) in [5.41, 5.74) is 14.2. The summed E-state index contributed by atoms with van der Waals surface area (Å²) in [6.45, 7) is 14.7. The molecule has 0 aliphatic rings. The lowest BCUT2D eigenvalue weighted by Gasteiger charge is -2.01. The Morgan fingerprint density at radius 2 is 0.889 bits per heavy atom. The number of hydrogen-bond acceptors (Lipinski definition) is 2. The summed E-state index contributed by atoms with van der Waals surface area (Å²) in [7, 11) is 0. The van der Waals surface area contributed by atoms with Crippen molar-refractivity contribution in [3.05, 3.63) is 97.5 Å². The van der Waals surface area contributed by atoms with Crippen molar-refractivity contribution in [2.45, 2.75) is 0 Å². The summed E-state index contributed by atoms with van der Waals surface area (Å²) in [6.07, 6.45) is 13.8. The first-order valence-electron chi connectivity index (χ1n) is 5.44. The van der Waals surface area contributed by atoms with Crippen molar-refractivity contribution in [1.29, 1.82) is 0 Å². The van der Waals surface area contributed by atoms with Crippen molar-refractivity contribution in [1.82, 2.24) is 0 Å². The van der Waals surface area contributed by atoms with E-state index in [2.05, 4.69) is 26.3 Å². The second-order valence-electron chi connectivity index (χ2n) is 3.39. The largest absolute Gasteiger partial charge is 0.399 e. The van der Waals surface area contributed by atoms with Crippen LogP contribution < -0.4 is 11.5 Å². The third-order valence-electron chi connectivity index (χ3n) is 2.16. The molecule has 4 N–H and O–H groups in total. The molecule has 0 aromatic rings. The zero-order chi connectivity index (χ0) is 14.0. The molecule has 2 heteroatoms. The molecule has 0 spiro atoms. The Morgan fingerprint density at radius 1 is 0.556 bits per heavy atom. The molecule has 0 aromatic carbocycles. The molecule has 2 nitrogen and oxygen atoms in total. The van der Waals surface area contributed by atoms with E-state index in [1.165, 1.54) is 0 Å². The Labute approximate surface area is 109 Å². The van der Waals surface area contributed by atoms with Crippen molar-refractivity contribution < 1.29 is 0 Å². The lowest BCUT2D eigenvalue weighted by molar-refractivity contribution is 1.41. The zero-order valence-electron chi connectivity index (χ0n) is 10.6. The molecule has 0 aliphatic carbocycles. The predicted molar refractivity (Wildman–Crippen MR) is 81.5 cm³/mol. The Kier molecular flexibility index (Phi) is 7.46. The van der Waals surface area contributed by atoms with Gasteiger partial charge in [-0.25, -0.2) is 0 Å². The van der Waals surface area contributed by atoms with Gasteiger partial charge in [0.15, 0.2) is 0 Å². The van der Waals surface area contributed by atoms with Gasteiger partial charge >= 0.3 is 0 Å². The van der Waals surface area contributed by atoms with Crippen LogP contribution in [0.3, 0.4) is 0 Å². The van der Waals surface area contributed by atoms with Gasteiger partial charge in [-0.2, -0.15) is 0 Å². The highest BCUT2D eigenvalue weighted by Gasteiger charge is 1.95.